The van der Waals surface area contributed by atoms with Gasteiger partial charge in [0.05, 0.1) is 5.37 Å². The Kier molecular flexibility index (Phi) is 3.62. The van der Waals surface area contributed by atoms with E-state index < -0.39 is 0 Å². The molecule has 0 aliphatic rings. The zero-order valence-corrected chi connectivity index (χ0v) is 4.70. The molecule has 0 rings (SSSR count). The Bertz CT molecular complexity index is 30.0. The van der Waals surface area contributed by atoms with E-state index in [4.69, 9.17) is 5.73 Å². The number of thiol groups is 1. The molecule has 0 aromatic carbocycles. The predicted octanol–water partition coefficient (Wildman–Crippen LogP) is -0.580. The minimum Gasteiger partial charge on any atom is -0.319 e. The number of nitrogens with two attached hydrogens (primary N) is 1. The first kappa shape index (κ1) is 6.27. The smallest absolute Gasteiger partial charge is 0.0603 e. The first-order valence-corrected chi connectivity index (χ1v) is 2.37. The molecule has 38 valence electrons. The van der Waals surface area contributed by atoms with Gasteiger partial charge in [-0.05, 0) is 7.05 Å². The van der Waals surface area contributed by atoms with Gasteiger partial charge in [0.2, 0.25) is 0 Å². The lowest BCUT2D eigenvalue weighted by atomic mass is 10.6. The molecule has 1 atom stereocenters. The molecule has 0 radical (unpaired) electrons. The molecule has 0 heterocycles. The molecule has 3 N–H and O–H groups in total. The number of rotatable bonds is 2. The van der Waals surface area contributed by atoms with Gasteiger partial charge in [-0.15, -0.1) is 0 Å². The SMILES string of the molecule is CNCC(N)S. The maximum atomic E-state index is 5.20. The van der Waals surface area contributed by atoms with E-state index in [9.17, 15) is 0 Å². The summed E-state index contributed by atoms with van der Waals surface area (Å²) in [4.78, 5) is 0. The molecule has 0 aliphatic heterocycles. The van der Waals surface area contributed by atoms with Crippen LogP contribution in [-0.2, 0) is 0 Å². The Hall–Kier alpha value is 0.270. The number of hydrogen-bond donors (Lipinski definition) is 3. The molecular weight excluding hydrogens is 96.1 g/mol. The van der Waals surface area contributed by atoms with Crippen LogP contribution >= 0.6 is 12.6 Å². The third-order valence-corrected chi connectivity index (χ3v) is 0.596. The molecule has 0 aliphatic carbocycles. The summed E-state index contributed by atoms with van der Waals surface area (Å²) in [5.74, 6) is 0. The third-order valence-electron chi connectivity index (χ3n) is 0.413. The minimum atomic E-state index is -0.0185. The summed E-state index contributed by atoms with van der Waals surface area (Å²) in [7, 11) is 1.84. The Morgan fingerprint density at radius 1 is 2.00 bits per heavy atom. The highest BCUT2D eigenvalue weighted by atomic mass is 32.1. The van der Waals surface area contributed by atoms with Crippen LogP contribution in [0.15, 0.2) is 0 Å². The number of hydrogen-bond acceptors (Lipinski definition) is 3. The van der Waals surface area contributed by atoms with Crippen molar-refractivity contribution < 1.29 is 0 Å². The number of nitrogens with one attached hydrogen (secondary N) is 1. The molecule has 0 aromatic rings. The van der Waals surface area contributed by atoms with Crippen LogP contribution in [0.3, 0.4) is 0 Å². The molecule has 0 saturated heterocycles. The molecule has 3 heteroatoms. The molecular formula is C3H10N2S. The van der Waals surface area contributed by atoms with Gasteiger partial charge in [-0.25, -0.2) is 0 Å². The quantitative estimate of drug-likeness (QED) is 0.325. The Morgan fingerprint density at radius 3 is 2.50 bits per heavy atom. The van der Waals surface area contributed by atoms with Crippen LogP contribution < -0.4 is 11.1 Å². The maximum Gasteiger partial charge on any atom is 0.0603 e. The van der Waals surface area contributed by atoms with Crippen LogP contribution in [0.4, 0.5) is 0 Å². The van der Waals surface area contributed by atoms with Crippen LogP contribution in [0.5, 0.6) is 0 Å². The van der Waals surface area contributed by atoms with Gasteiger partial charge in [-0.2, -0.15) is 12.6 Å². The van der Waals surface area contributed by atoms with Crippen molar-refractivity contribution in [2.45, 2.75) is 5.37 Å². The van der Waals surface area contributed by atoms with Crippen molar-refractivity contribution in [2.24, 2.45) is 5.73 Å². The van der Waals surface area contributed by atoms with Crippen molar-refractivity contribution in [3.05, 3.63) is 0 Å². The lowest BCUT2D eigenvalue weighted by Gasteiger charge is -1.98. The predicted molar refractivity (Wildman–Crippen MR) is 30.9 cm³/mol. The summed E-state index contributed by atoms with van der Waals surface area (Å²) >= 11 is 3.89. The lowest BCUT2D eigenvalue weighted by molar-refractivity contribution is 0.770. The molecule has 0 aromatic heterocycles. The Labute approximate surface area is 43.5 Å². The van der Waals surface area contributed by atoms with Crippen LogP contribution in [0.2, 0.25) is 0 Å². The van der Waals surface area contributed by atoms with Crippen molar-refractivity contribution in [1.82, 2.24) is 5.32 Å². The van der Waals surface area contributed by atoms with E-state index in [2.05, 4.69) is 17.9 Å². The van der Waals surface area contributed by atoms with Crippen LogP contribution in [0.1, 0.15) is 0 Å². The average Bonchev–Trinajstić information content (AvgIpc) is 1.35. The fourth-order valence-electron chi connectivity index (χ4n) is 0.209. The summed E-state index contributed by atoms with van der Waals surface area (Å²) < 4.78 is 0. The van der Waals surface area contributed by atoms with Crippen LogP contribution in [-0.4, -0.2) is 19.0 Å². The van der Waals surface area contributed by atoms with E-state index in [1.807, 2.05) is 7.05 Å². The fraction of sp³-hybridized carbons (Fsp3) is 1.00. The molecule has 1 unspecified atom stereocenters. The molecule has 6 heavy (non-hydrogen) atoms. The van der Waals surface area contributed by atoms with E-state index in [1.165, 1.54) is 0 Å². The highest BCUT2D eigenvalue weighted by Gasteiger charge is 1.85. The second-order valence-corrected chi connectivity index (χ2v) is 1.79. The molecule has 0 spiro atoms. The highest BCUT2D eigenvalue weighted by molar-refractivity contribution is 7.80. The molecule has 0 bridgehead atoms. The largest absolute Gasteiger partial charge is 0.319 e. The molecule has 0 fully saturated rings. The van der Waals surface area contributed by atoms with Crippen LogP contribution in [0, 0.1) is 0 Å². The van der Waals surface area contributed by atoms with E-state index in [0.29, 0.717) is 0 Å². The van der Waals surface area contributed by atoms with Crippen molar-refractivity contribution >= 4 is 12.6 Å². The highest BCUT2D eigenvalue weighted by Crippen LogP contribution is 1.76. The Morgan fingerprint density at radius 2 is 2.50 bits per heavy atom. The Balaban J connectivity index is 2.63. The second kappa shape index (κ2) is 3.46. The second-order valence-electron chi connectivity index (χ2n) is 1.13. The van der Waals surface area contributed by atoms with E-state index in [-0.39, 0.29) is 5.37 Å². The molecule has 2 nitrogen and oxygen atoms in total. The van der Waals surface area contributed by atoms with Gasteiger partial charge < -0.3 is 11.1 Å². The zero-order valence-electron chi connectivity index (χ0n) is 3.81. The molecule has 0 saturated carbocycles. The van der Waals surface area contributed by atoms with Gasteiger partial charge in [0.1, 0.15) is 0 Å². The first-order chi connectivity index (χ1) is 2.77. The lowest BCUT2D eigenvalue weighted by Crippen LogP contribution is -2.26. The molecule has 0 amide bonds. The topological polar surface area (TPSA) is 38.0 Å². The summed E-state index contributed by atoms with van der Waals surface area (Å²) in [5, 5.41) is 2.85. The monoisotopic (exact) mass is 106 g/mol. The average molecular weight is 106 g/mol. The standard InChI is InChI=1S/C3H10N2S/c1-5-2-3(4)6/h3,5-6H,2,4H2,1H3. The van der Waals surface area contributed by atoms with Crippen molar-refractivity contribution in [1.29, 1.82) is 0 Å². The summed E-state index contributed by atoms with van der Waals surface area (Å²) in [5.41, 5.74) is 5.20. The van der Waals surface area contributed by atoms with Crippen molar-refractivity contribution in [3.8, 4) is 0 Å². The van der Waals surface area contributed by atoms with Gasteiger partial charge in [-0.3, -0.25) is 0 Å². The first-order valence-electron chi connectivity index (χ1n) is 1.85. The van der Waals surface area contributed by atoms with Gasteiger partial charge in [0.15, 0.2) is 0 Å². The van der Waals surface area contributed by atoms with Gasteiger partial charge in [0, 0.05) is 6.54 Å². The summed E-state index contributed by atoms with van der Waals surface area (Å²) in [6.07, 6.45) is 0. The van der Waals surface area contributed by atoms with Crippen molar-refractivity contribution in [2.75, 3.05) is 13.6 Å². The van der Waals surface area contributed by atoms with Gasteiger partial charge >= 0.3 is 0 Å². The normalized spacial score (nSPS) is 14.5. The van der Waals surface area contributed by atoms with Crippen LogP contribution in [0.25, 0.3) is 0 Å². The summed E-state index contributed by atoms with van der Waals surface area (Å²) in [6.45, 7) is 0.767. The van der Waals surface area contributed by atoms with Gasteiger partial charge in [-0.1, -0.05) is 0 Å². The fourth-order valence-corrected chi connectivity index (χ4v) is 0.392. The van der Waals surface area contributed by atoms with Gasteiger partial charge in [0.25, 0.3) is 0 Å². The minimum absolute atomic E-state index is 0.0185. The summed E-state index contributed by atoms with van der Waals surface area (Å²) in [6, 6.07) is 0. The third kappa shape index (κ3) is 4.27. The zero-order chi connectivity index (χ0) is 4.99. The number of likely N-dealkylation sites (N-methyl/N-ethyl adjacent to an activating group) is 1. The van der Waals surface area contributed by atoms with E-state index in [1.54, 1.807) is 0 Å². The van der Waals surface area contributed by atoms with E-state index >= 15 is 0 Å². The van der Waals surface area contributed by atoms with Crippen molar-refractivity contribution in [3.63, 3.8) is 0 Å². The van der Waals surface area contributed by atoms with E-state index in [0.717, 1.165) is 6.54 Å². The maximum absolute atomic E-state index is 5.20.